The number of carbonyl (C=O) groups excluding carboxylic acids is 1. The van der Waals surface area contributed by atoms with Gasteiger partial charge in [0, 0.05) is 9.79 Å². The summed E-state index contributed by atoms with van der Waals surface area (Å²) in [4.78, 5) is 13.9. The molecule has 0 aromatic heterocycles. The van der Waals surface area contributed by atoms with E-state index in [9.17, 15) is 4.79 Å². The average molecular weight is 256 g/mol. The zero-order chi connectivity index (χ0) is 12.5. The smallest absolute Gasteiger partial charge is 0.337 e. The van der Waals surface area contributed by atoms with Crippen molar-refractivity contribution in [1.29, 1.82) is 0 Å². The average Bonchev–Trinajstić information content (AvgIpc) is 2.43. The molecule has 0 bridgehead atoms. The molecule has 0 unspecified atom stereocenters. The number of carbonyl (C=O) groups is 1. The van der Waals surface area contributed by atoms with Crippen LogP contribution in [0.3, 0.4) is 0 Å². The van der Waals surface area contributed by atoms with Gasteiger partial charge in [0.05, 0.1) is 12.7 Å². The van der Waals surface area contributed by atoms with E-state index in [2.05, 4.69) is 18.2 Å². The molecule has 0 spiro atoms. The van der Waals surface area contributed by atoms with Crippen molar-refractivity contribution in [3.8, 4) is 0 Å². The van der Waals surface area contributed by atoms with E-state index in [1.54, 1.807) is 11.8 Å². The van der Waals surface area contributed by atoms with Gasteiger partial charge in [-0.3, -0.25) is 0 Å². The molecule has 0 atom stereocenters. The Kier molecular flexibility index (Phi) is 2.84. The predicted molar refractivity (Wildman–Crippen MR) is 71.2 cm³/mol. The first-order valence-electron chi connectivity index (χ1n) is 5.75. The number of fused-ring (bicyclic) bond motifs is 2. The second-order valence-corrected chi connectivity index (χ2v) is 5.28. The lowest BCUT2D eigenvalue weighted by molar-refractivity contribution is 0.0600. The van der Waals surface area contributed by atoms with Crippen molar-refractivity contribution in [2.24, 2.45) is 0 Å². The third kappa shape index (κ3) is 1.91. The molecule has 90 valence electrons. The summed E-state index contributed by atoms with van der Waals surface area (Å²) in [5.74, 6) is -0.280. The monoisotopic (exact) mass is 256 g/mol. The second kappa shape index (κ2) is 4.50. The van der Waals surface area contributed by atoms with E-state index >= 15 is 0 Å². The fourth-order valence-electron chi connectivity index (χ4n) is 2.11. The highest BCUT2D eigenvalue weighted by Crippen LogP contribution is 2.39. The maximum Gasteiger partial charge on any atom is 0.337 e. The third-order valence-corrected chi connectivity index (χ3v) is 4.28. The van der Waals surface area contributed by atoms with Crippen LogP contribution in [0.25, 0.3) is 0 Å². The number of ether oxygens (including phenoxy) is 1. The summed E-state index contributed by atoms with van der Waals surface area (Å²) in [7, 11) is 1.41. The lowest BCUT2D eigenvalue weighted by atomic mass is 10.0. The highest BCUT2D eigenvalue weighted by molar-refractivity contribution is 7.99. The van der Waals surface area contributed by atoms with Crippen LogP contribution in [0, 0.1) is 0 Å². The van der Waals surface area contributed by atoms with Gasteiger partial charge in [-0.15, -0.1) is 0 Å². The van der Waals surface area contributed by atoms with Crippen molar-refractivity contribution in [2.75, 3.05) is 7.11 Å². The zero-order valence-electron chi connectivity index (χ0n) is 9.97. The Morgan fingerprint density at radius 2 is 1.89 bits per heavy atom. The van der Waals surface area contributed by atoms with Crippen LogP contribution in [-0.2, 0) is 11.2 Å². The number of hydrogen-bond acceptors (Lipinski definition) is 3. The molecule has 1 aliphatic heterocycles. The summed E-state index contributed by atoms with van der Waals surface area (Å²) in [6, 6.07) is 14.1. The predicted octanol–water partition coefficient (Wildman–Crippen LogP) is 3.53. The highest BCUT2D eigenvalue weighted by atomic mass is 32.2. The van der Waals surface area contributed by atoms with Crippen LogP contribution < -0.4 is 0 Å². The molecule has 2 aromatic rings. The van der Waals surface area contributed by atoms with Crippen LogP contribution in [0.5, 0.6) is 0 Å². The fourth-order valence-corrected chi connectivity index (χ4v) is 3.23. The minimum atomic E-state index is -0.280. The lowest BCUT2D eigenvalue weighted by Crippen LogP contribution is -2.04. The Morgan fingerprint density at radius 1 is 1.11 bits per heavy atom. The summed E-state index contributed by atoms with van der Waals surface area (Å²) in [5.41, 5.74) is 3.23. The van der Waals surface area contributed by atoms with E-state index in [1.165, 1.54) is 23.1 Å². The van der Waals surface area contributed by atoms with Crippen LogP contribution in [-0.4, -0.2) is 13.1 Å². The first kappa shape index (κ1) is 11.4. The van der Waals surface area contributed by atoms with E-state index in [0.29, 0.717) is 5.56 Å². The molecule has 1 heterocycles. The first-order valence-corrected chi connectivity index (χ1v) is 6.56. The van der Waals surface area contributed by atoms with Crippen LogP contribution in [0.2, 0.25) is 0 Å². The Hall–Kier alpha value is -1.74. The van der Waals surface area contributed by atoms with Crippen molar-refractivity contribution in [3.05, 3.63) is 59.2 Å². The van der Waals surface area contributed by atoms with Gasteiger partial charge in [-0.2, -0.15) is 0 Å². The van der Waals surface area contributed by atoms with Gasteiger partial charge in [0.2, 0.25) is 0 Å². The van der Waals surface area contributed by atoms with E-state index in [1.807, 2.05) is 24.3 Å². The van der Waals surface area contributed by atoms with Gasteiger partial charge < -0.3 is 4.74 Å². The fraction of sp³-hybridized carbons (Fsp3) is 0.133. The summed E-state index contributed by atoms with van der Waals surface area (Å²) in [6.07, 6.45) is 0.931. The van der Waals surface area contributed by atoms with Gasteiger partial charge >= 0.3 is 5.97 Å². The molecular weight excluding hydrogens is 244 g/mol. The summed E-state index contributed by atoms with van der Waals surface area (Å²) >= 11 is 1.72. The lowest BCUT2D eigenvalue weighted by Gasteiger charge is -2.19. The molecule has 18 heavy (non-hydrogen) atoms. The minimum Gasteiger partial charge on any atom is -0.465 e. The topological polar surface area (TPSA) is 26.3 Å². The third-order valence-electron chi connectivity index (χ3n) is 3.06. The first-order chi connectivity index (χ1) is 8.78. The highest BCUT2D eigenvalue weighted by Gasteiger charge is 2.17. The molecule has 0 aliphatic carbocycles. The molecule has 0 N–H and O–H groups in total. The Bertz CT molecular complexity index is 620. The summed E-state index contributed by atoms with van der Waals surface area (Å²) in [5, 5.41) is 0. The Balaban J connectivity index is 2.01. The molecule has 0 saturated heterocycles. The maximum absolute atomic E-state index is 11.5. The van der Waals surface area contributed by atoms with Gasteiger partial charge in [-0.1, -0.05) is 36.0 Å². The normalized spacial score (nSPS) is 12.5. The molecule has 0 amide bonds. The molecule has 2 aromatic carbocycles. The van der Waals surface area contributed by atoms with Gasteiger partial charge in [-0.25, -0.2) is 4.79 Å². The van der Waals surface area contributed by atoms with E-state index in [-0.39, 0.29) is 5.97 Å². The van der Waals surface area contributed by atoms with Crippen molar-refractivity contribution in [3.63, 3.8) is 0 Å². The van der Waals surface area contributed by atoms with Crippen molar-refractivity contribution >= 4 is 17.7 Å². The number of esters is 1. The molecule has 2 nitrogen and oxygen atoms in total. The van der Waals surface area contributed by atoms with Gasteiger partial charge in [-0.05, 0) is 35.7 Å². The van der Waals surface area contributed by atoms with Crippen molar-refractivity contribution in [2.45, 2.75) is 16.2 Å². The van der Waals surface area contributed by atoms with Crippen molar-refractivity contribution in [1.82, 2.24) is 0 Å². The molecule has 3 rings (SSSR count). The zero-order valence-corrected chi connectivity index (χ0v) is 10.8. The van der Waals surface area contributed by atoms with Crippen LogP contribution in [0.15, 0.2) is 52.3 Å². The van der Waals surface area contributed by atoms with Crippen LogP contribution >= 0.6 is 11.8 Å². The standard InChI is InChI=1S/C15H12O2S/c1-17-15(16)12-7-6-11-8-10-4-2-3-5-13(10)18-14(11)9-12/h2-7,9H,8H2,1H3. The largest absolute Gasteiger partial charge is 0.465 e. The summed E-state index contributed by atoms with van der Waals surface area (Å²) < 4.78 is 4.75. The number of methoxy groups -OCH3 is 1. The summed E-state index contributed by atoms with van der Waals surface area (Å²) in [6.45, 7) is 0. The number of hydrogen-bond donors (Lipinski definition) is 0. The number of rotatable bonds is 1. The minimum absolute atomic E-state index is 0.280. The van der Waals surface area contributed by atoms with Crippen LogP contribution in [0.4, 0.5) is 0 Å². The van der Waals surface area contributed by atoms with E-state index < -0.39 is 0 Å². The Morgan fingerprint density at radius 3 is 2.72 bits per heavy atom. The number of benzene rings is 2. The van der Waals surface area contributed by atoms with Gasteiger partial charge in [0.25, 0.3) is 0 Å². The quantitative estimate of drug-likeness (QED) is 0.623. The molecule has 0 saturated carbocycles. The van der Waals surface area contributed by atoms with Gasteiger partial charge in [0.15, 0.2) is 0 Å². The molecular formula is C15H12O2S. The van der Waals surface area contributed by atoms with E-state index in [0.717, 1.165) is 11.3 Å². The molecule has 3 heteroatoms. The van der Waals surface area contributed by atoms with Crippen molar-refractivity contribution < 1.29 is 9.53 Å². The van der Waals surface area contributed by atoms with E-state index in [4.69, 9.17) is 4.74 Å². The van der Waals surface area contributed by atoms with Gasteiger partial charge in [0.1, 0.15) is 0 Å². The SMILES string of the molecule is COC(=O)c1ccc2c(c1)Sc1ccccc1C2. The molecule has 0 fully saturated rings. The Labute approximate surface area is 110 Å². The maximum atomic E-state index is 11.5. The second-order valence-electron chi connectivity index (χ2n) is 4.20. The molecule has 0 radical (unpaired) electrons. The van der Waals surface area contributed by atoms with Crippen LogP contribution in [0.1, 0.15) is 21.5 Å². The molecule has 1 aliphatic rings.